The molecular formula is C19H22N2O5. The van der Waals surface area contributed by atoms with Crippen LogP contribution in [0.5, 0.6) is 0 Å². The second-order valence-corrected chi connectivity index (χ2v) is 6.70. The molecule has 0 spiro atoms. The Morgan fingerprint density at radius 3 is 2.42 bits per heavy atom. The molecule has 1 aromatic rings. The summed E-state index contributed by atoms with van der Waals surface area (Å²) in [5.74, 6) is -1.48. The lowest BCUT2D eigenvalue weighted by Crippen LogP contribution is -2.34. The van der Waals surface area contributed by atoms with Crippen molar-refractivity contribution in [2.45, 2.75) is 32.1 Å². The smallest absolute Gasteiger partial charge is 0.337 e. The van der Waals surface area contributed by atoms with Gasteiger partial charge in [-0.2, -0.15) is 0 Å². The van der Waals surface area contributed by atoms with Crippen molar-refractivity contribution in [2.75, 3.05) is 19.0 Å². The molecule has 0 unspecified atom stereocenters. The molecule has 1 aliphatic heterocycles. The van der Waals surface area contributed by atoms with Gasteiger partial charge in [-0.05, 0) is 31.0 Å². The normalized spacial score (nSPS) is 22.1. The van der Waals surface area contributed by atoms with E-state index in [1.54, 1.807) is 18.2 Å². The summed E-state index contributed by atoms with van der Waals surface area (Å²) >= 11 is 0. The van der Waals surface area contributed by atoms with E-state index in [9.17, 15) is 19.2 Å². The number of esters is 1. The predicted molar refractivity (Wildman–Crippen MR) is 93.2 cm³/mol. The van der Waals surface area contributed by atoms with Crippen molar-refractivity contribution in [3.63, 3.8) is 0 Å². The Labute approximate surface area is 151 Å². The van der Waals surface area contributed by atoms with Crippen LogP contribution in [0.1, 0.15) is 42.5 Å². The Morgan fingerprint density at radius 2 is 1.81 bits per heavy atom. The van der Waals surface area contributed by atoms with Gasteiger partial charge in [0.1, 0.15) is 0 Å². The van der Waals surface area contributed by atoms with Gasteiger partial charge in [-0.1, -0.05) is 18.9 Å². The van der Waals surface area contributed by atoms with Gasteiger partial charge in [-0.15, -0.1) is 0 Å². The first-order valence-electron chi connectivity index (χ1n) is 8.84. The first-order valence-corrected chi connectivity index (χ1v) is 8.84. The second kappa shape index (κ2) is 7.68. The van der Waals surface area contributed by atoms with Crippen LogP contribution in [0, 0.1) is 11.8 Å². The van der Waals surface area contributed by atoms with Crippen LogP contribution < -0.4 is 5.32 Å². The van der Waals surface area contributed by atoms with Gasteiger partial charge < -0.3 is 10.1 Å². The van der Waals surface area contributed by atoms with Gasteiger partial charge in [-0.25, -0.2) is 4.79 Å². The van der Waals surface area contributed by atoms with Gasteiger partial charge in [-0.3, -0.25) is 19.3 Å². The fourth-order valence-electron chi connectivity index (χ4n) is 3.73. The number of carbonyl (C=O) groups is 4. The summed E-state index contributed by atoms with van der Waals surface area (Å²) in [6, 6.07) is 6.40. The average Bonchev–Trinajstić information content (AvgIpc) is 2.90. The third-order valence-electron chi connectivity index (χ3n) is 5.06. The molecule has 1 saturated heterocycles. The molecule has 2 aliphatic rings. The zero-order chi connectivity index (χ0) is 18.7. The van der Waals surface area contributed by atoms with Crippen molar-refractivity contribution < 1.29 is 23.9 Å². The molecule has 7 nitrogen and oxygen atoms in total. The van der Waals surface area contributed by atoms with Gasteiger partial charge >= 0.3 is 5.97 Å². The number of fused-ring (bicyclic) bond motifs is 1. The number of nitrogens with one attached hydrogen (secondary N) is 1. The summed E-state index contributed by atoms with van der Waals surface area (Å²) in [5, 5.41) is 2.68. The van der Waals surface area contributed by atoms with Crippen molar-refractivity contribution in [2.24, 2.45) is 11.8 Å². The number of methoxy groups -OCH3 is 1. The van der Waals surface area contributed by atoms with E-state index in [4.69, 9.17) is 0 Å². The van der Waals surface area contributed by atoms with E-state index in [0.29, 0.717) is 11.3 Å². The van der Waals surface area contributed by atoms with Crippen molar-refractivity contribution in [3.05, 3.63) is 29.8 Å². The molecular weight excluding hydrogens is 336 g/mol. The number of rotatable bonds is 5. The van der Waals surface area contributed by atoms with Crippen LogP contribution in [0.15, 0.2) is 24.3 Å². The van der Waals surface area contributed by atoms with Crippen molar-refractivity contribution in [3.8, 4) is 0 Å². The minimum Gasteiger partial charge on any atom is -0.465 e. The molecule has 1 N–H and O–H groups in total. The molecule has 1 aliphatic carbocycles. The third-order valence-corrected chi connectivity index (χ3v) is 5.06. The number of anilines is 1. The number of imide groups is 1. The SMILES string of the molecule is COC(=O)c1cccc(NC(=O)CCN2C(=O)[C@H]3CCCC[C@H]3C2=O)c1. The van der Waals surface area contributed by atoms with E-state index >= 15 is 0 Å². The van der Waals surface area contributed by atoms with E-state index in [-0.39, 0.29) is 42.5 Å². The van der Waals surface area contributed by atoms with Crippen LogP contribution in [-0.4, -0.2) is 42.2 Å². The average molecular weight is 358 g/mol. The van der Waals surface area contributed by atoms with Crippen molar-refractivity contribution in [1.82, 2.24) is 4.90 Å². The fourth-order valence-corrected chi connectivity index (χ4v) is 3.73. The molecule has 1 heterocycles. The van der Waals surface area contributed by atoms with Crippen LogP contribution in [-0.2, 0) is 19.1 Å². The maximum atomic E-state index is 12.4. The molecule has 0 bridgehead atoms. The fraction of sp³-hybridized carbons (Fsp3) is 0.474. The largest absolute Gasteiger partial charge is 0.465 e. The summed E-state index contributed by atoms with van der Waals surface area (Å²) in [4.78, 5) is 49.7. The first-order chi connectivity index (χ1) is 12.5. The molecule has 2 atom stereocenters. The van der Waals surface area contributed by atoms with E-state index in [0.717, 1.165) is 25.7 Å². The van der Waals surface area contributed by atoms with Gasteiger partial charge in [0.2, 0.25) is 17.7 Å². The second-order valence-electron chi connectivity index (χ2n) is 6.70. The maximum Gasteiger partial charge on any atom is 0.337 e. The molecule has 3 amide bonds. The Morgan fingerprint density at radius 1 is 1.15 bits per heavy atom. The van der Waals surface area contributed by atoms with E-state index < -0.39 is 5.97 Å². The molecule has 7 heteroatoms. The lowest BCUT2D eigenvalue weighted by Gasteiger charge is -2.19. The van der Waals surface area contributed by atoms with E-state index in [2.05, 4.69) is 10.1 Å². The summed E-state index contributed by atoms with van der Waals surface area (Å²) < 4.78 is 4.65. The third kappa shape index (κ3) is 3.61. The highest BCUT2D eigenvalue weighted by Gasteiger charge is 2.47. The maximum absolute atomic E-state index is 12.4. The Hall–Kier alpha value is -2.70. The number of likely N-dealkylation sites (tertiary alicyclic amines) is 1. The number of hydrogen-bond donors (Lipinski definition) is 1. The van der Waals surface area contributed by atoms with E-state index in [1.165, 1.54) is 18.1 Å². The molecule has 1 saturated carbocycles. The molecule has 0 radical (unpaired) electrons. The highest BCUT2D eigenvalue weighted by molar-refractivity contribution is 6.05. The molecule has 1 aromatic carbocycles. The molecule has 3 rings (SSSR count). The summed E-state index contributed by atoms with van der Waals surface area (Å²) in [5.41, 5.74) is 0.796. The summed E-state index contributed by atoms with van der Waals surface area (Å²) in [6.45, 7) is 0.0905. The van der Waals surface area contributed by atoms with Crippen LogP contribution in [0.2, 0.25) is 0 Å². The Kier molecular flexibility index (Phi) is 5.35. The van der Waals surface area contributed by atoms with Crippen LogP contribution >= 0.6 is 0 Å². The van der Waals surface area contributed by atoms with Crippen molar-refractivity contribution >= 4 is 29.4 Å². The van der Waals surface area contributed by atoms with E-state index in [1.807, 2.05) is 0 Å². The quantitative estimate of drug-likeness (QED) is 0.642. The molecule has 0 aromatic heterocycles. The summed E-state index contributed by atoms with van der Waals surface area (Å²) in [6.07, 6.45) is 3.51. The minimum absolute atomic E-state index is 0.0272. The van der Waals surface area contributed by atoms with Gasteiger partial charge in [0.25, 0.3) is 0 Å². The standard InChI is InChI=1S/C19H22N2O5/c1-26-19(25)12-5-4-6-13(11-12)20-16(22)9-10-21-17(23)14-7-2-3-8-15(14)18(21)24/h4-6,11,14-15H,2-3,7-10H2,1H3,(H,20,22)/t14-,15+. The lowest BCUT2D eigenvalue weighted by atomic mass is 9.81. The number of hydrogen-bond acceptors (Lipinski definition) is 5. The monoisotopic (exact) mass is 358 g/mol. The topological polar surface area (TPSA) is 92.8 Å². The van der Waals surface area contributed by atoms with Gasteiger partial charge in [0.15, 0.2) is 0 Å². The molecule has 26 heavy (non-hydrogen) atoms. The number of benzene rings is 1. The van der Waals surface area contributed by atoms with Gasteiger partial charge in [0, 0.05) is 18.7 Å². The predicted octanol–water partition coefficient (Wildman–Crippen LogP) is 1.98. The zero-order valence-electron chi connectivity index (χ0n) is 14.7. The number of nitrogens with zero attached hydrogens (tertiary/aromatic N) is 1. The van der Waals surface area contributed by atoms with Crippen LogP contribution in [0.3, 0.4) is 0 Å². The van der Waals surface area contributed by atoms with Crippen molar-refractivity contribution in [1.29, 1.82) is 0 Å². The Bertz CT molecular complexity index is 721. The number of amides is 3. The molecule has 2 fully saturated rings. The van der Waals surface area contributed by atoms with Gasteiger partial charge in [0.05, 0.1) is 24.5 Å². The number of carbonyl (C=O) groups excluding carboxylic acids is 4. The summed E-state index contributed by atoms with van der Waals surface area (Å²) in [7, 11) is 1.29. The highest BCUT2D eigenvalue weighted by Crippen LogP contribution is 2.37. The van der Waals surface area contributed by atoms with Crippen LogP contribution in [0.25, 0.3) is 0 Å². The highest BCUT2D eigenvalue weighted by atomic mass is 16.5. The minimum atomic E-state index is -0.489. The first kappa shape index (κ1) is 18.1. The zero-order valence-corrected chi connectivity index (χ0v) is 14.7. The molecule has 138 valence electrons. The van der Waals surface area contributed by atoms with Crippen LogP contribution in [0.4, 0.5) is 5.69 Å². The Balaban J connectivity index is 1.57. The lowest BCUT2D eigenvalue weighted by molar-refractivity contribution is -0.140. The number of ether oxygens (including phenoxy) is 1.